The van der Waals surface area contributed by atoms with Crippen LogP contribution in [0.2, 0.25) is 0 Å². The Bertz CT molecular complexity index is 702. The normalized spacial score (nSPS) is 17.2. The number of methoxy groups -OCH3 is 1. The first-order valence-electron chi connectivity index (χ1n) is 8.56. The van der Waals surface area contributed by atoms with Crippen molar-refractivity contribution in [3.63, 3.8) is 0 Å². The number of halogens is 2. The molecule has 5 heteroatoms. The number of para-hydroxylation sites is 1. The standard InChI is InChI=1S/C20H23F2NO2/c1-24-19-10-3-2-6-15(19)12-23(14-17-8-5-11-25-17)13-16-7-4-9-18(21)20(16)22/h2-4,6-7,9-10,17H,5,8,11-14H2,1H3. The molecular formula is C20H23F2NO2. The second kappa shape index (κ2) is 8.41. The van der Waals surface area contributed by atoms with Crippen LogP contribution >= 0.6 is 0 Å². The van der Waals surface area contributed by atoms with Crippen LogP contribution in [0.15, 0.2) is 42.5 Å². The monoisotopic (exact) mass is 347 g/mol. The maximum Gasteiger partial charge on any atom is 0.163 e. The molecule has 1 aliphatic rings. The first kappa shape index (κ1) is 17.8. The van der Waals surface area contributed by atoms with Crippen molar-refractivity contribution in [2.24, 2.45) is 0 Å². The Balaban J connectivity index is 1.80. The molecule has 0 aliphatic carbocycles. The van der Waals surface area contributed by atoms with E-state index in [0.29, 0.717) is 25.2 Å². The van der Waals surface area contributed by atoms with Gasteiger partial charge in [0, 0.05) is 37.4 Å². The van der Waals surface area contributed by atoms with E-state index in [0.717, 1.165) is 36.8 Å². The topological polar surface area (TPSA) is 21.7 Å². The highest BCUT2D eigenvalue weighted by molar-refractivity contribution is 5.33. The largest absolute Gasteiger partial charge is 0.496 e. The van der Waals surface area contributed by atoms with Crippen LogP contribution in [0.1, 0.15) is 24.0 Å². The number of rotatable bonds is 7. The average Bonchev–Trinajstić information content (AvgIpc) is 3.12. The average molecular weight is 347 g/mol. The van der Waals surface area contributed by atoms with Gasteiger partial charge in [0.15, 0.2) is 11.6 Å². The molecule has 25 heavy (non-hydrogen) atoms. The molecule has 0 aromatic heterocycles. The fourth-order valence-electron chi connectivity index (χ4n) is 3.25. The summed E-state index contributed by atoms with van der Waals surface area (Å²) >= 11 is 0. The van der Waals surface area contributed by atoms with Gasteiger partial charge in [0.05, 0.1) is 13.2 Å². The van der Waals surface area contributed by atoms with E-state index in [1.807, 2.05) is 24.3 Å². The summed E-state index contributed by atoms with van der Waals surface area (Å²) in [5.41, 5.74) is 1.37. The Hall–Kier alpha value is -1.98. The van der Waals surface area contributed by atoms with Crippen LogP contribution in [0, 0.1) is 11.6 Å². The van der Waals surface area contributed by atoms with Crippen molar-refractivity contribution >= 4 is 0 Å². The van der Waals surface area contributed by atoms with Crippen LogP contribution < -0.4 is 4.74 Å². The van der Waals surface area contributed by atoms with Gasteiger partial charge in [0.2, 0.25) is 0 Å². The quantitative estimate of drug-likeness (QED) is 0.751. The molecule has 1 saturated heterocycles. The van der Waals surface area contributed by atoms with Gasteiger partial charge in [0.1, 0.15) is 5.75 Å². The Morgan fingerprint density at radius 2 is 1.84 bits per heavy atom. The molecule has 3 nitrogen and oxygen atoms in total. The molecule has 1 unspecified atom stereocenters. The summed E-state index contributed by atoms with van der Waals surface area (Å²) in [6, 6.07) is 12.1. The molecule has 2 aromatic carbocycles. The number of benzene rings is 2. The van der Waals surface area contributed by atoms with Gasteiger partial charge in [0.25, 0.3) is 0 Å². The molecule has 0 bridgehead atoms. The van der Waals surface area contributed by atoms with Crippen molar-refractivity contribution in [2.75, 3.05) is 20.3 Å². The van der Waals surface area contributed by atoms with E-state index in [4.69, 9.17) is 9.47 Å². The summed E-state index contributed by atoms with van der Waals surface area (Å²) in [5, 5.41) is 0. The zero-order chi connectivity index (χ0) is 17.6. The van der Waals surface area contributed by atoms with E-state index >= 15 is 0 Å². The Labute approximate surface area is 147 Å². The molecule has 0 amide bonds. The molecule has 0 radical (unpaired) electrons. The van der Waals surface area contributed by atoms with E-state index in [-0.39, 0.29) is 6.10 Å². The van der Waals surface area contributed by atoms with Crippen LogP contribution in [-0.2, 0) is 17.8 Å². The van der Waals surface area contributed by atoms with Gasteiger partial charge in [-0.3, -0.25) is 4.90 Å². The number of nitrogens with zero attached hydrogens (tertiary/aromatic N) is 1. The zero-order valence-corrected chi connectivity index (χ0v) is 14.4. The molecule has 1 fully saturated rings. The molecular weight excluding hydrogens is 324 g/mol. The van der Waals surface area contributed by atoms with E-state index in [9.17, 15) is 8.78 Å². The molecule has 1 aliphatic heterocycles. The lowest BCUT2D eigenvalue weighted by atomic mass is 10.1. The van der Waals surface area contributed by atoms with E-state index in [1.165, 1.54) is 0 Å². The van der Waals surface area contributed by atoms with Crippen LogP contribution in [0.25, 0.3) is 0 Å². The molecule has 134 valence electrons. The third kappa shape index (κ3) is 4.55. The summed E-state index contributed by atoms with van der Waals surface area (Å²) in [5.74, 6) is -0.800. The summed E-state index contributed by atoms with van der Waals surface area (Å²) in [6.45, 7) is 2.34. The van der Waals surface area contributed by atoms with Gasteiger partial charge in [-0.1, -0.05) is 30.3 Å². The van der Waals surface area contributed by atoms with Gasteiger partial charge < -0.3 is 9.47 Å². The smallest absolute Gasteiger partial charge is 0.163 e. The lowest BCUT2D eigenvalue weighted by molar-refractivity contribution is 0.0671. The number of hydrogen-bond acceptors (Lipinski definition) is 3. The van der Waals surface area contributed by atoms with Gasteiger partial charge in [-0.05, 0) is 25.0 Å². The van der Waals surface area contributed by atoms with Crippen LogP contribution in [0.4, 0.5) is 8.78 Å². The third-order valence-corrected chi connectivity index (χ3v) is 4.50. The van der Waals surface area contributed by atoms with E-state index in [1.54, 1.807) is 19.2 Å². The molecule has 0 saturated carbocycles. The maximum absolute atomic E-state index is 14.1. The predicted octanol–water partition coefficient (Wildman–Crippen LogP) is 4.15. The van der Waals surface area contributed by atoms with Crippen LogP contribution in [-0.4, -0.2) is 31.3 Å². The zero-order valence-electron chi connectivity index (χ0n) is 14.4. The van der Waals surface area contributed by atoms with Crippen molar-refractivity contribution < 1.29 is 18.3 Å². The highest BCUT2D eigenvalue weighted by Crippen LogP contribution is 2.23. The number of ether oxygens (including phenoxy) is 2. The number of hydrogen-bond donors (Lipinski definition) is 0. The van der Waals surface area contributed by atoms with Crippen molar-refractivity contribution in [1.29, 1.82) is 0 Å². The van der Waals surface area contributed by atoms with E-state index < -0.39 is 11.6 Å². The van der Waals surface area contributed by atoms with Crippen LogP contribution in [0.3, 0.4) is 0 Å². The van der Waals surface area contributed by atoms with Gasteiger partial charge in [-0.2, -0.15) is 0 Å². The fourth-order valence-corrected chi connectivity index (χ4v) is 3.25. The SMILES string of the molecule is COc1ccccc1CN(Cc1cccc(F)c1F)CC1CCCO1. The first-order chi connectivity index (χ1) is 12.2. The maximum atomic E-state index is 14.1. The molecule has 3 rings (SSSR count). The molecule has 2 aromatic rings. The van der Waals surface area contributed by atoms with Crippen molar-refractivity contribution in [2.45, 2.75) is 32.0 Å². The second-order valence-corrected chi connectivity index (χ2v) is 6.33. The second-order valence-electron chi connectivity index (χ2n) is 6.33. The van der Waals surface area contributed by atoms with Crippen molar-refractivity contribution in [3.05, 3.63) is 65.2 Å². The minimum absolute atomic E-state index is 0.131. The Kier molecular flexibility index (Phi) is 6.00. The summed E-state index contributed by atoms with van der Waals surface area (Å²) in [7, 11) is 1.63. The van der Waals surface area contributed by atoms with Gasteiger partial charge in [-0.25, -0.2) is 8.78 Å². The van der Waals surface area contributed by atoms with E-state index in [2.05, 4.69) is 4.90 Å². The third-order valence-electron chi connectivity index (χ3n) is 4.50. The highest BCUT2D eigenvalue weighted by Gasteiger charge is 2.21. The lowest BCUT2D eigenvalue weighted by Crippen LogP contribution is -2.32. The summed E-state index contributed by atoms with van der Waals surface area (Å²) in [6.07, 6.45) is 2.17. The molecule has 0 N–H and O–H groups in total. The van der Waals surface area contributed by atoms with Crippen molar-refractivity contribution in [3.8, 4) is 5.75 Å². The van der Waals surface area contributed by atoms with Crippen molar-refractivity contribution in [1.82, 2.24) is 4.90 Å². The van der Waals surface area contributed by atoms with Gasteiger partial charge >= 0.3 is 0 Å². The minimum atomic E-state index is -0.813. The Morgan fingerprint density at radius 3 is 2.60 bits per heavy atom. The predicted molar refractivity (Wildman–Crippen MR) is 92.4 cm³/mol. The van der Waals surface area contributed by atoms with Crippen LogP contribution in [0.5, 0.6) is 5.75 Å². The molecule has 1 heterocycles. The first-order valence-corrected chi connectivity index (χ1v) is 8.56. The summed E-state index contributed by atoms with van der Waals surface area (Å²) in [4.78, 5) is 2.09. The summed E-state index contributed by atoms with van der Waals surface area (Å²) < 4.78 is 38.8. The minimum Gasteiger partial charge on any atom is -0.496 e. The highest BCUT2D eigenvalue weighted by atomic mass is 19.2. The molecule has 1 atom stereocenters. The van der Waals surface area contributed by atoms with Gasteiger partial charge in [-0.15, -0.1) is 0 Å². The molecule has 0 spiro atoms. The Morgan fingerprint density at radius 1 is 1.08 bits per heavy atom. The lowest BCUT2D eigenvalue weighted by Gasteiger charge is -2.26. The fraction of sp³-hybridized carbons (Fsp3) is 0.400.